The number of nitrogens with two attached hydrogens (primary N) is 1. The smallest absolute Gasteiger partial charge is 0.173 e. The molecule has 0 aromatic carbocycles. The van der Waals surface area contributed by atoms with Crippen molar-refractivity contribution in [3.63, 3.8) is 0 Å². The molecule has 2 rings (SSSR count). The summed E-state index contributed by atoms with van der Waals surface area (Å²) in [6.45, 7) is 2.28. The van der Waals surface area contributed by atoms with Gasteiger partial charge in [-0.05, 0) is 40.3 Å². The van der Waals surface area contributed by atoms with E-state index in [1.165, 1.54) is 32.1 Å². The molecular weight excluding hydrogens is 280 g/mol. The van der Waals surface area contributed by atoms with E-state index < -0.39 is 0 Å². The van der Waals surface area contributed by atoms with Crippen molar-refractivity contribution in [2.45, 2.75) is 45.1 Å². The van der Waals surface area contributed by atoms with Crippen LogP contribution >= 0.6 is 15.9 Å². The molecule has 3 unspecified atom stereocenters. The summed E-state index contributed by atoms with van der Waals surface area (Å²) in [5.41, 5.74) is 4.14. The molecule has 0 saturated heterocycles. The highest BCUT2D eigenvalue weighted by Gasteiger charge is 2.32. The van der Waals surface area contributed by atoms with E-state index in [0.29, 0.717) is 5.92 Å². The lowest BCUT2D eigenvalue weighted by atomic mass is 9.73. The van der Waals surface area contributed by atoms with E-state index in [0.717, 1.165) is 16.2 Å². The molecular formula is C13H21BrN2O. The van der Waals surface area contributed by atoms with Gasteiger partial charge in [0.25, 0.3) is 0 Å². The Balaban J connectivity index is 2.19. The highest BCUT2D eigenvalue weighted by Crippen LogP contribution is 2.41. The van der Waals surface area contributed by atoms with E-state index in [-0.39, 0.29) is 6.04 Å². The van der Waals surface area contributed by atoms with Crippen LogP contribution in [0.15, 0.2) is 21.4 Å². The lowest BCUT2D eigenvalue weighted by Gasteiger charge is -2.36. The highest BCUT2D eigenvalue weighted by atomic mass is 79.9. The topological polar surface area (TPSA) is 51.2 Å². The van der Waals surface area contributed by atoms with E-state index >= 15 is 0 Å². The van der Waals surface area contributed by atoms with E-state index in [9.17, 15) is 0 Å². The molecule has 1 aliphatic rings. The number of hydrogen-bond acceptors (Lipinski definition) is 3. The highest BCUT2D eigenvalue weighted by molar-refractivity contribution is 9.10. The van der Waals surface area contributed by atoms with Crippen molar-refractivity contribution < 1.29 is 4.42 Å². The summed E-state index contributed by atoms with van der Waals surface area (Å²) in [5.74, 6) is 7.16. The Morgan fingerprint density at radius 3 is 2.88 bits per heavy atom. The van der Waals surface area contributed by atoms with Crippen LogP contribution in [0.5, 0.6) is 0 Å². The van der Waals surface area contributed by atoms with Crippen LogP contribution in [0, 0.1) is 11.8 Å². The number of hydrogen-bond donors (Lipinski definition) is 2. The summed E-state index contributed by atoms with van der Waals surface area (Å²) >= 11 is 3.45. The second kappa shape index (κ2) is 6.03. The number of nitrogens with one attached hydrogen (secondary N) is 1. The summed E-state index contributed by atoms with van der Waals surface area (Å²) in [5, 5.41) is 0. The van der Waals surface area contributed by atoms with Gasteiger partial charge in [-0.1, -0.05) is 32.6 Å². The van der Waals surface area contributed by atoms with Gasteiger partial charge in [-0.3, -0.25) is 11.3 Å². The molecule has 1 aromatic rings. The first kappa shape index (κ1) is 13.1. The van der Waals surface area contributed by atoms with Crippen LogP contribution < -0.4 is 11.3 Å². The predicted molar refractivity (Wildman–Crippen MR) is 72.2 cm³/mol. The number of rotatable bonds is 4. The molecule has 17 heavy (non-hydrogen) atoms. The van der Waals surface area contributed by atoms with Gasteiger partial charge in [-0.2, -0.15) is 0 Å². The van der Waals surface area contributed by atoms with E-state index in [4.69, 9.17) is 10.3 Å². The summed E-state index contributed by atoms with van der Waals surface area (Å²) in [6, 6.07) is 2.21. The van der Waals surface area contributed by atoms with Gasteiger partial charge in [-0.25, -0.2) is 0 Å². The first-order valence-corrected chi connectivity index (χ1v) is 7.26. The Kier molecular flexibility index (Phi) is 4.65. The molecule has 1 aliphatic carbocycles. The fraction of sp³-hybridized carbons (Fsp3) is 0.692. The Bertz CT molecular complexity index is 353. The minimum Gasteiger partial charge on any atom is -0.457 e. The third-order valence-corrected chi connectivity index (χ3v) is 4.73. The second-order valence-corrected chi connectivity index (χ2v) is 5.63. The summed E-state index contributed by atoms with van der Waals surface area (Å²) in [7, 11) is 0. The molecule has 1 heterocycles. The zero-order valence-corrected chi connectivity index (χ0v) is 11.9. The third-order valence-electron chi connectivity index (χ3n) is 4.08. The Morgan fingerprint density at radius 1 is 1.53 bits per heavy atom. The van der Waals surface area contributed by atoms with Crippen molar-refractivity contribution in [2.75, 3.05) is 0 Å². The zero-order chi connectivity index (χ0) is 12.3. The van der Waals surface area contributed by atoms with Crippen LogP contribution in [0.3, 0.4) is 0 Å². The molecule has 0 bridgehead atoms. The van der Waals surface area contributed by atoms with Gasteiger partial charge >= 0.3 is 0 Å². The van der Waals surface area contributed by atoms with Gasteiger partial charge in [-0.15, -0.1) is 0 Å². The lowest BCUT2D eigenvalue weighted by molar-refractivity contribution is 0.175. The van der Waals surface area contributed by atoms with Crippen molar-refractivity contribution in [2.24, 2.45) is 17.7 Å². The molecule has 4 heteroatoms. The standard InChI is InChI=1S/C13H21BrN2O/c1-2-9-5-3-4-6-10(9)12(16-15)11-7-8-17-13(11)14/h7-10,12,16H,2-6,15H2,1H3. The molecule has 1 aromatic heterocycles. The number of hydrazine groups is 1. The largest absolute Gasteiger partial charge is 0.457 e. The van der Waals surface area contributed by atoms with Crippen LogP contribution in [0.4, 0.5) is 0 Å². The lowest BCUT2D eigenvalue weighted by Crippen LogP contribution is -2.38. The molecule has 3 atom stereocenters. The van der Waals surface area contributed by atoms with Crippen LogP contribution in [-0.2, 0) is 0 Å². The van der Waals surface area contributed by atoms with Crippen molar-refractivity contribution in [3.05, 3.63) is 22.6 Å². The number of furan rings is 1. The fourth-order valence-electron chi connectivity index (χ4n) is 3.15. The van der Waals surface area contributed by atoms with Crippen molar-refractivity contribution >= 4 is 15.9 Å². The molecule has 0 amide bonds. The Hall–Kier alpha value is -0.320. The first-order chi connectivity index (χ1) is 8.27. The molecule has 3 N–H and O–H groups in total. The SMILES string of the molecule is CCC1CCCCC1C(NN)c1ccoc1Br. The maximum atomic E-state index is 5.77. The van der Waals surface area contributed by atoms with Crippen LogP contribution in [0.2, 0.25) is 0 Å². The Labute approximate surface area is 111 Å². The van der Waals surface area contributed by atoms with Gasteiger partial charge < -0.3 is 4.42 Å². The maximum absolute atomic E-state index is 5.77. The van der Waals surface area contributed by atoms with Gasteiger partial charge in [0.2, 0.25) is 0 Å². The summed E-state index contributed by atoms with van der Waals surface area (Å²) in [4.78, 5) is 0. The van der Waals surface area contributed by atoms with Crippen LogP contribution in [0.1, 0.15) is 50.6 Å². The van der Waals surface area contributed by atoms with Crippen LogP contribution in [0.25, 0.3) is 0 Å². The molecule has 1 saturated carbocycles. The minimum atomic E-state index is 0.202. The quantitative estimate of drug-likeness (QED) is 0.657. The van der Waals surface area contributed by atoms with Crippen molar-refractivity contribution in [1.29, 1.82) is 0 Å². The van der Waals surface area contributed by atoms with Crippen molar-refractivity contribution in [1.82, 2.24) is 5.43 Å². The maximum Gasteiger partial charge on any atom is 0.173 e. The van der Waals surface area contributed by atoms with Gasteiger partial charge in [0, 0.05) is 5.56 Å². The predicted octanol–water partition coefficient (Wildman–Crippen LogP) is 3.76. The summed E-state index contributed by atoms with van der Waals surface area (Å²) < 4.78 is 6.13. The first-order valence-electron chi connectivity index (χ1n) is 6.47. The van der Waals surface area contributed by atoms with Gasteiger partial charge in [0.15, 0.2) is 4.67 Å². The zero-order valence-electron chi connectivity index (χ0n) is 10.3. The van der Waals surface area contributed by atoms with Gasteiger partial charge in [0.1, 0.15) is 0 Å². The van der Waals surface area contributed by atoms with Crippen LogP contribution in [-0.4, -0.2) is 0 Å². The fourth-order valence-corrected chi connectivity index (χ4v) is 3.64. The van der Waals surface area contributed by atoms with E-state index in [1.54, 1.807) is 6.26 Å². The Morgan fingerprint density at radius 2 is 2.29 bits per heavy atom. The molecule has 0 spiro atoms. The van der Waals surface area contributed by atoms with E-state index in [2.05, 4.69) is 28.3 Å². The molecule has 0 radical (unpaired) electrons. The molecule has 0 aliphatic heterocycles. The van der Waals surface area contributed by atoms with Gasteiger partial charge in [0.05, 0.1) is 12.3 Å². The normalized spacial score (nSPS) is 27.0. The number of halogens is 1. The molecule has 1 fully saturated rings. The molecule has 96 valence electrons. The van der Waals surface area contributed by atoms with E-state index in [1.807, 2.05) is 6.07 Å². The average molecular weight is 301 g/mol. The summed E-state index contributed by atoms with van der Waals surface area (Å²) in [6.07, 6.45) is 8.21. The van der Waals surface area contributed by atoms with Crippen molar-refractivity contribution in [3.8, 4) is 0 Å². The monoisotopic (exact) mass is 300 g/mol. The molecule has 3 nitrogen and oxygen atoms in total. The second-order valence-electron chi connectivity index (χ2n) is 4.91. The average Bonchev–Trinajstić information content (AvgIpc) is 2.78. The third kappa shape index (κ3) is 2.75. The minimum absolute atomic E-state index is 0.202.